The van der Waals surface area contributed by atoms with Crippen LogP contribution in [0.5, 0.6) is 5.75 Å². The van der Waals surface area contributed by atoms with Gasteiger partial charge in [-0.25, -0.2) is 0 Å². The molecular formula is C17H20O. The Morgan fingerprint density at radius 3 is 2.78 bits per heavy atom. The fraction of sp³-hybridized carbons (Fsp3) is 0.529. The first-order valence-electron chi connectivity index (χ1n) is 7.12. The molecule has 1 nitrogen and oxygen atoms in total. The van der Waals surface area contributed by atoms with Crippen LogP contribution in [-0.4, -0.2) is 6.10 Å². The summed E-state index contributed by atoms with van der Waals surface area (Å²) in [6, 6.07) is 4.63. The average molecular weight is 240 g/mol. The highest BCUT2D eigenvalue weighted by atomic mass is 16.5. The number of rotatable bonds is 0. The van der Waals surface area contributed by atoms with Crippen LogP contribution < -0.4 is 4.74 Å². The standard InChI is InChI=1S/C17H20O/c1-4-11-7-12-8-13(11)16-14-5-9(2)10(3)6-15(14)18-17(12)16/h4-6,12-13,16-17H,7-8H2,1-3H3. The summed E-state index contributed by atoms with van der Waals surface area (Å²) in [5.74, 6) is 3.33. The monoisotopic (exact) mass is 240 g/mol. The number of hydrogen-bond donors (Lipinski definition) is 0. The Bertz CT molecular complexity index is 555. The lowest BCUT2D eigenvalue weighted by molar-refractivity contribution is 0.160. The molecule has 1 heteroatoms. The third kappa shape index (κ3) is 1.18. The molecule has 94 valence electrons. The minimum atomic E-state index is 0.467. The van der Waals surface area contributed by atoms with E-state index in [1.54, 1.807) is 5.57 Å². The molecule has 2 fully saturated rings. The van der Waals surface area contributed by atoms with E-state index in [1.165, 1.54) is 35.3 Å². The Labute approximate surface area is 109 Å². The zero-order valence-corrected chi connectivity index (χ0v) is 11.4. The molecule has 4 atom stereocenters. The molecule has 1 aromatic rings. The topological polar surface area (TPSA) is 9.23 Å². The van der Waals surface area contributed by atoms with E-state index < -0.39 is 0 Å². The molecule has 1 heterocycles. The molecule has 1 aliphatic heterocycles. The van der Waals surface area contributed by atoms with Crippen LogP contribution in [0.3, 0.4) is 0 Å². The van der Waals surface area contributed by atoms with Crippen molar-refractivity contribution < 1.29 is 4.74 Å². The average Bonchev–Trinajstić information content (AvgIpc) is 2.99. The van der Waals surface area contributed by atoms with Gasteiger partial charge in [-0.15, -0.1) is 0 Å². The Morgan fingerprint density at radius 1 is 1.22 bits per heavy atom. The zero-order valence-electron chi connectivity index (χ0n) is 11.4. The molecule has 0 amide bonds. The normalized spacial score (nSPS) is 37.8. The molecule has 18 heavy (non-hydrogen) atoms. The van der Waals surface area contributed by atoms with Crippen LogP contribution in [0.4, 0.5) is 0 Å². The van der Waals surface area contributed by atoms with Crippen LogP contribution in [0.15, 0.2) is 23.8 Å². The lowest BCUT2D eigenvalue weighted by Gasteiger charge is -2.25. The van der Waals surface area contributed by atoms with Gasteiger partial charge >= 0.3 is 0 Å². The highest BCUT2D eigenvalue weighted by Gasteiger charge is 2.55. The minimum absolute atomic E-state index is 0.467. The molecule has 4 rings (SSSR count). The number of allylic oxidation sites excluding steroid dienone is 2. The lowest BCUT2D eigenvalue weighted by Crippen LogP contribution is -2.26. The van der Waals surface area contributed by atoms with E-state index >= 15 is 0 Å². The van der Waals surface area contributed by atoms with E-state index in [9.17, 15) is 0 Å². The van der Waals surface area contributed by atoms with Gasteiger partial charge in [0.15, 0.2) is 0 Å². The first-order chi connectivity index (χ1) is 8.69. The molecule has 0 radical (unpaired) electrons. The summed E-state index contributed by atoms with van der Waals surface area (Å²) >= 11 is 0. The van der Waals surface area contributed by atoms with Gasteiger partial charge < -0.3 is 4.74 Å². The predicted octanol–water partition coefficient (Wildman–Crippen LogP) is 4.13. The number of fused-ring (bicyclic) bond motifs is 7. The first-order valence-corrected chi connectivity index (χ1v) is 7.12. The summed E-state index contributed by atoms with van der Waals surface area (Å²) in [5, 5.41) is 0. The summed E-state index contributed by atoms with van der Waals surface area (Å²) in [6.45, 7) is 6.59. The van der Waals surface area contributed by atoms with Crippen molar-refractivity contribution in [3.05, 3.63) is 40.5 Å². The van der Waals surface area contributed by atoms with Crippen molar-refractivity contribution in [3.63, 3.8) is 0 Å². The summed E-state index contributed by atoms with van der Waals surface area (Å²) in [6.07, 6.45) is 5.44. The summed E-state index contributed by atoms with van der Waals surface area (Å²) in [5.41, 5.74) is 5.92. The molecule has 1 aromatic carbocycles. The fourth-order valence-corrected chi connectivity index (χ4v) is 4.38. The van der Waals surface area contributed by atoms with Crippen molar-refractivity contribution in [2.75, 3.05) is 0 Å². The molecule has 0 N–H and O–H groups in total. The lowest BCUT2D eigenvalue weighted by atomic mass is 9.79. The molecule has 2 aliphatic carbocycles. The highest BCUT2D eigenvalue weighted by Crippen LogP contribution is 2.61. The van der Waals surface area contributed by atoms with E-state index in [-0.39, 0.29) is 0 Å². The number of benzene rings is 1. The largest absolute Gasteiger partial charge is 0.489 e. The van der Waals surface area contributed by atoms with Crippen molar-refractivity contribution in [3.8, 4) is 5.75 Å². The van der Waals surface area contributed by atoms with Crippen molar-refractivity contribution in [1.29, 1.82) is 0 Å². The van der Waals surface area contributed by atoms with E-state index in [2.05, 4.69) is 39.0 Å². The highest BCUT2D eigenvalue weighted by molar-refractivity contribution is 5.50. The third-order valence-corrected chi connectivity index (χ3v) is 5.40. The Balaban J connectivity index is 1.83. The Morgan fingerprint density at radius 2 is 2.00 bits per heavy atom. The quantitative estimate of drug-likeness (QED) is 0.619. The Kier molecular flexibility index (Phi) is 2.02. The van der Waals surface area contributed by atoms with Crippen LogP contribution in [0, 0.1) is 25.7 Å². The number of ether oxygens (including phenoxy) is 1. The van der Waals surface area contributed by atoms with E-state index in [4.69, 9.17) is 4.74 Å². The van der Waals surface area contributed by atoms with E-state index in [1.807, 2.05) is 0 Å². The Hall–Kier alpha value is -1.24. The van der Waals surface area contributed by atoms with Crippen LogP contribution >= 0.6 is 0 Å². The molecule has 0 aromatic heterocycles. The first kappa shape index (κ1) is 10.7. The minimum Gasteiger partial charge on any atom is -0.489 e. The van der Waals surface area contributed by atoms with Gasteiger partial charge in [0.1, 0.15) is 11.9 Å². The summed E-state index contributed by atoms with van der Waals surface area (Å²) < 4.78 is 6.27. The van der Waals surface area contributed by atoms with E-state index in [0.717, 1.165) is 11.8 Å². The van der Waals surface area contributed by atoms with Gasteiger partial charge in [-0.3, -0.25) is 0 Å². The second-order valence-electron chi connectivity index (χ2n) is 6.25. The van der Waals surface area contributed by atoms with Crippen LogP contribution in [0.25, 0.3) is 0 Å². The van der Waals surface area contributed by atoms with E-state index in [0.29, 0.717) is 12.0 Å². The van der Waals surface area contributed by atoms with Crippen molar-refractivity contribution >= 4 is 0 Å². The second kappa shape index (κ2) is 3.40. The van der Waals surface area contributed by atoms with Gasteiger partial charge in [-0.1, -0.05) is 17.7 Å². The van der Waals surface area contributed by atoms with Crippen LogP contribution in [0.1, 0.15) is 42.4 Å². The summed E-state index contributed by atoms with van der Waals surface area (Å²) in [4.78, 5) is 0. The van der Waals surface area contributed by atoms with Gasteiger partial charge in [0.25, 0.3) is 0 Å². The molecule has 0 spiro atoms. The van der Waals surface area contributed by atoms with Crippen molar-refractivity contribution in [1.82, 2.24) is 0 Å². The van der Waals surface area contributed by atoms with Gasteiger partial charge in [0, 0.05) is 17.4 Å². The molecule has 2 bridgehead atoms. The third-order valence-electron chi connectivity index (χ3n) is 5.40. The molecule has 4 unspecified atom stereocenters. The van der Waals surface area contributed by atoms with Gasteiger partial charge in [0.05, 0.1) is 0 Å². The molecular weight excluding hydrogens is 220 g/mol. The fourth-order valence-electron chi connectivity index (χ4n) is 4.38. The van der Waals surface area contributed by atoms with Gasteiger partial charge in [-0.2, -0.15) is 0 Å². The smallest absolute Gasteiger partial charge is 0.123 e. The van der Waals surface area contributed by atoms with Gasteiger partial charge in [-0.05, 0) is 56.7 Å². The molecule has 3 aliphatic rings. The second-order valence-corrected chi connectivity index (χ2v) is 6.25. The maximum atomic E-state index is 6.27. The molecule has 2 saturated carbocycles. The predicted molar refractivity (Wildman–Crippen MR) is 73.0 cm³/mol. The van der Waals surface area contributed by atoms with Gasteiger partial charge in [0.2, 0.25) is 0 Å². The maximum absolute atomic E-state index is 6.27. The zero-order chi connectivity index (χ0) is 12.4. The maximum Gasteiger partial charge on any atom is 0.123 e. The van der Waals surface area contributed by atoms with Crippen LogP contribution in [0.2, 0.25) is 0 Å². The number of aryl methyl sites for hydroxylation is 2. The summed E-state index contributed by atoms with van der Waals surface area (Å²) in [7, 11) is 0. The van der Waals surface area contributed by atoms with Crippen molar-refractivity contribution in [2.45, 2.75) is 45.6 Å². The van der Waals surface area contributed by atoms with Crippen LogP contribution in [-0.2, 0) is 0 Å². The molecule has 0 saturated heterocycles. The SMILES string of the molecule is CC=C1CC2CC1C1c3cc(C)c(C)cc3OC21. The number of hydrogen-bond acceptors (Lipinski definition) is 1. The van der Waals surface area contributed by atoms with Crippen molar-refractivity contribution in [2.24, 2.45) is 11.8 Å².